The Balaban J connectivity index is 0.00000240. The molecule has 0 aliphatic carbocycles. The van der Waals surface area contributed by atoms with E-state index in [1.165, 1.54) is 0 Å². The van der Waals surface area contributed by atoms with Gasteiger partial charge in [0.2, 0.25) is 5.91 Å². The standard InChI is InChI=1S/C22H21ClN4O.ClH/c23-18-4-2-1-3-17(18)22(10-13-25-14-11-22)19-9-12-26-21(27-19)16-7-5-15(6-8-16)20(24)28;/h1-9,12,25H,10-11,13-14H2,(H2,24,28);1H. The monoisotopic (exact) mass is 428 g/mol. The molecule has 1 aromatic heterocycles. The van der Waals surface area contributed by atoms with Crippen molar-refractivity contribution in [1.29, 1.82) is 0 Å². The lowest BCUT2D eigenvalue weighted by Gasteiger charge is -2.38. The summed E-state index contributed by atoms with van der Waals surface area (Å²) in [6.07, 6.45) is 3.61. The van der Waals surface area contributed by atoms with Gasteiger partial charge in [-0.15, -0.1) is 12.4 Å². The average Bonchev–Trinajstić information content (AvgIpc) is 2.75. The van der Waals surface area contributed by atoms with E-state index in [1.54, 1.807) is 18.3 Å². The number of primary amides is 1. The molecule has 0 radical (unpaired) electrons. The van der Waals surface area contributed by atoms with Crippen molar-refractivity contribution in [3.63, 3.8) is 0 Å². The van der Waals surface area contributed by atoms with Crippen LogP contribution in [0.3, 0.4) is 0 Å². The summed E-state index contributed by atoms with van der Waals surface area (Å²) < 4.78 is 0. The summed E-state index contributed by atoms with van der Waals surface area (Å²) in [5.74, 6) is 0.173. The van der Waals surface area contributed by atoms with Crippen LogP contribution in [0.25, 0.3) is 11.4 Å². The van der Waals surface area contributed by atoms with Gasteiger partial charge in [-0.2, -0.15) is 0 Å². The highest BCUT2D eigenvalue weighted by Gasteiger charge is 2.38. The van der Waals surface area contributed by atoms with Crippen LogP contribution in [0.15, 0.2) is 60.8 Å². The van der Waals surface area contributed by atoms with Crippen LogP contribution in [0.4, 0.5) is 0 Å². The van der Waals surface area contributed by atoms with Crippen LogP contribution in [0.1, 0.15) is 34.5 Å². The van der Waals surface area contributed by atoms with E-state index >= 15 is 0 Å². The van der Waals surface area contributed by atoms with E-state index in [0.29, 0.717) is 11.4 Å². The summed E-state index contributed by atoms with van der Waals surface area (Å²) in [7, 11) is 0. The third-order valence-corrected chi connectivity index (χ3v) is 5.75. The van der Waals surface area contributed by atoms with Gasteiger partial charge in [0.1, 0.15) is 0 Å². The Morgan fingerprint density at radius 3 is 2.38 bits per heavy atom. The van der Waals surface area contributed by atoms with E-state index < -0.39 is 5.91 Å². The summed E-state index contributed by atoms with van der Waals surface area (Å²) in [6, 6.07) is 17.0. The molecule has 29 heavy (non-hydrogen) atoms. The molecule has 0 saturated carbocycles. The fourth-order valence-corrected chi connectivity index (χ4v) is 4.23. The number of nitrogens with zero attached hydrogens (tertiary/aromatic N) is 2. The fraction of sp³-hybridized carbons (Fsp3) is 0.227. The Morgan fingerprint density at radius 1 is 1.03 bits per heavy atom. The van der Waals surface area contributed by atoms with Crippen molar-refractivity contribution in [3.05, 3.63) is 82.6 Å². The van der Waals surface area contributed by atoms with E-state index in [9.17, 15) is 4.79 Å². The first-order valence-electron chi connectivity index (χ1n) is 9.30. The first-order chi connectivity index (χ1) is 13.6. The van der Waals surface area contributed by atoms with E-state index in [1.807, 2.05) is 36.4 Å². The Bertz CT molecular complexity index is 1000. The summed E-state index contributed by atoms with van der Waals surface area (Å²) in [5.41, 5.74) is 8.45. The van der Waals surface area contributed by atoms with Gasteiger partial charge in [-0.05, 0) is 55.8 Å². The number of carbonyl (C=O) groups excluding carboxylic acids is 1. The van der Waals surface area contributed by atoms with E-state index in [4.69, 9.17) is 22.3 Å². The minimum Gasteiger partial charge on any atom is -0.366 e. The molecule has 1 aliphatic heterocycles. The highest BCUT2D eigenvalue weighted by molar-refractivity contribution is 6.31. The second-order valence-corrected chi connectivity index (χ2v) is 7.43. The van der Waals surface area contributed by atoms with E-state index in [-0.39, 0.29) is 17.8 Å². The Kier molecular flexibility index (Phi) is 6.52. The van der Waals surface area contributed by atoms with Gasteiger partial charge in [0.15, 0.2) is 5.82 Å². The molecule has 1 aliphatic rings. The minimum absolute atomic E-state index is 0. The van der Waals surface area contributed by atoms with Gasteiger partial charge in [0.05, 0.1) is 5.69 Å². The van der Waals surface area contributed by atoms with Gasteiger partial charge in [-0.25, -0.2) is 9.97 Å². The Labute approximate surface area is 181 Å². The lowest BCUT2D eigenvalue weighted by Crippen LogP contribution is -2.41. The van der Waals surface area contributed by atoms with Crippen LogP contribution in [0.5, 0.6) is 0 Å². The molecular weight excluding hydrogens is 407 g/mol. The van der Waals surface area contributed by atoms with Gasteiger partial charge < -0.3 is 11.1 Å². The van der Waals surface area contributed by atoms with Crippen LogP contribution >= 0.6 is 24.0 Å². The van der Waals surface area contributed by atoms with Crippen molar-refractivity contribution >= 4 is 29.9 Å². The van der Waals surface area contributed by atoms with Crippen molar-refractivity contribution in [2.75, 3.05) is 13.1 Å². The van der Waals surface area contributed by atoms with Crippen molar-refractivity contribution in [3.8, 4) is 11.4 Å². The number of hydrogen-bond acceptors (Lipinski definition) is 4. The third-order valence-electron chi connectivity index (χ3n) is 5.42. The van der Waals surface area contributed by atoms with Gasteiger partial charge in [0, 0.05) is 27.8 Å². The fourth-order valence-electron chi connectivity index (χ4n) is 3.91. The number of halogens is 2. The summed E-state index contributed by atoms with van der Waals surface area (Å²) in [5, 5.41) is 4.19. The molecule has 0 atom stereocenters. The molecule has 1 fully saturated rings. The molecule has 150 valence electrons. The predicted octanol–water partition coefficient (Wildman–Crippen LogP) is 3.99. The summed E-state index contributed by atoms with van der Waals surface area (Å²) in [6.45, 7) is 1.80. The SMILES string of the molecule is Cl.NC(=O)c1ccc(-c2nccc(C3(c4ccccc4Cl)CCNCC3)n2)cc1. The van der Waals surface area contributed by atoms with Gasteiger partial charge in [-0.1, -0.05) is 41.9 Å². The number of rotatable bonds is 4. The number of aromatic nitrogens is 2. The topological polar surface area (TPSA) is 80.9 Å². The summed E-state index contributed by atoms with van der Waals surface area (Å²) in [4.78, 5) is 20.7. The normalized spacial score (nSPS) is 15.3. The molecule has 4 rings (SSSR count). The largest absolute Gasteiger partial charge is 0.366 e. The Hall–Kier alpha value is -2.47. The van der Waals surface area contributed by atoms with Crippen molar-refractivity contribution in [1.82, 2.24) is 15.3 Å². The number of piperidine rings is 1. The number of hydrogen-bond donors (Lipinski definition) is 2. The lowest BCUT2D eigenvalue weighted by molar-refractivity contribution is 0.100. The molecule has 1 saturated heterocycles. The molecule has 3 aromatic rings. The van der Waals surface area contributed by atoms with Gasteiger partial charge in [-0.3, -0.25) is 4.79 Å². The van der Waals surface area contributed by atoms with Crippen molar-refractivity contribution in [2.24, 2.45) is 5.73 Å². The molecule has 2 aromatic carbocycles. The average molecular weight is 429 g/mol. The molecule has 3 N–H and O–H groups in total. The first-order valence-corrected chi connectivity index (χ1v) is 9.67. The highest BCUT2D eigenvalue weighted by atomic mass is 35.5. The maximum Gasteiger partial charge on any atom is 0.248 e. The second-order valence-electron chi connectivity index (χ2n) is 7.02. The van der Waals surface area contributed by atoms with Crippen molar-refractivity contribution in [2.45, 2.75) is 18.3 Å². The number of carbonyl (C=O) groups is 1. The predicted molar refractivity (Wildman–Crippen MR) is 118 cm³/mol. The molecule has 0 unspecified atom stereocenters. The minimum atomic E-state index is -0.450. The first kappa shape index (κ1) is 21.2. The zero-order chi connectivity index (χ0) is 19.6. The van der Waals surface area contributed by atoms with Crippen molar-refractivity contribution < 1.29 is 4.79 Å². The lowest BCUT2D eigenvalue weighted by atomic mass is 9.70. The highest BCUT2D eigenvalue weighted by Crippen LogP contribution is 2.42. The number of nitrogens with one attached hydrogen (secondary N) is 1. The van der Waals surface area contributed by atoms with E-state index in [0.717, 1.165) is 47.8 Å². The quantitative estimate of drug-likeness (QED) is 0.657. The van der Waals surface area contributed by atoms with E-state index in [2.05, 4.69) is 16.4 Å². The smallest absolute Gasteiger partial charge is 0.248 e. The van der Waals surface area contributed by atoms with Crippen LogP contribution < -0.4 is 11.1 Å². The number of amides is 1. The number of nitrogens with two attached hydrogens (primary N) is 1. The zero-order valence-electron chi connectivity index (χ0n) is 15.8. The second kappa shape index (κ2) is 8.91. The molecule has 5 nitrogen and oxygen atoms in total. The van der Waals surface area contributed by atoms with Crippen LogP contribution in [-0.4, -0.2) is 29.0 Å². The van der Waals surface area contributed by atoms with Crippen LogP contribution in [0.2, 0.25) is 5.02 Å². The molecule has 0 bridgehead atoms. The molecule has 2 heterocycles. The molecule has 7 heteroatoms. The van der Waals surface area contributed by atoms with Gasteiger partial charge in [0.25, 0.3) is 0 Å². The van der Waals surface area contributed by atoms with Crippen LogP contribution in [0, 0.1) is 0 Å². The maximum absolute atomic E-state index is 11.3. The summed E-state index contributed by atoms with van der Waals surface area (Å²) >= 11 is 6.59. The molecule has 1 amide bonds. The maximum atomic E-state index is 11.3. The number of benzene rings is 2. The van der Waals surface area contributed by atoms with Gasteiger partial charge >= 0.3 is 0 Å². The molecular formula is C22H22Cl2N4O. The molecule has 0 spiro atoms. The third kappa shape index (κ3) is 4.13. The van der Waals surface area contributed by atoms with Crippen LogP contribution in [-0.2, 0) is 5.41 Å². The Morgan fingerprint density at radius 2 is 1.72 bits per heavy atom. The zero-order valence-corrected chi connectivity index (χ0v) is 17.3.